The summed E-state index contributed by atoms with van der Waals surface area (Å²) >= 11 is 0. The fourth-order valence-electron chi connectivity index (χ4n) is 7.95. The first-order valence-corrected chi connectivity index (χ1v) is 15.8. The number of hydrogen-bond acceptors (Lipinski definition) is 5. The molecule has 3 atom stereocenters. The van der Waals surface area contributed by atoms with Gasteiger partial charge in [-0.1, -0.05) is 24.3 Å². The molecule has 0 unspecified atom stereocenters. The average Bonchev–Trinajstić information content (AvgIpc) is 3.24. The standard InChI is InChI=1S/C33H44F2N6/c1-38-14-16-39(17-15-38)12-5-13-41(32-36-30-20-28(34)29(35)21-31(30)37-32)27-8-9-33(22-26(33)19-27)25-7-4-6-24(18-25)23-40-10-2-3-11-40/h4,6-7,18,20-21,26-27H,2-3,5,8-17,19,22-23H2,1H3,(H,36,37)/t26-,27+,33+/m0/s1. The van der Waals surface area contributed by atoms with Crippen molar-refractivity contribution in [3.63, 3.8) is 0 Å². The Morgan fingerprint density at radius 3 is 2.61 bits per heavy atom. The van der Waals surface area contributed by atoms with Crippen LogP contribution in [-0.4, -0.2) is 90.1 Å². The van der Waals surface area contributed by atoms with Crippen molar-refractivity contribution >= 4 is 17.0 Å². The van der Waals surface area contributed by atoms with E-state index in [1.807, 2.05) is 0 Å². The largest absolute Gasteiger partial charge is 0.339 e. The highest BCUT2D eigenvalue weighted by molar-refractivity contribution is 5.78. The van der Waals surface area contributed by atoms with Gasteiger partial charge < -0.3 is 19.7 Å². The number of nitrogens with zero attached hydrogens (tertiary/aromatic N) is 5. The summed E-state index contributed by atoms with van der Waals surface area (Å²) in [6.07, 6.45) is 8.42. The molecule has 220 valence electrons. The lowest BCUT2D eigenvalue weighted by Crippen LogP contribution is -2.46. The fraction of sp³-hybridized carbons (Fsp3) is 0.606. The molecule has 1 aromatic heterocycles. The van der Waals surface area contributed by atoms with Crippen LogP contribution in [-0.2, 0) is 12.0 Å². The lowest BCUT2D eigenvalue weighted by atomic mass is 9.80. The van der Waals surface area contributed by atoms with Crippen molar-refractivity contribution in [1.82, 2.24) is 24.7 Å². The van der Waals surface area contributed by atoms with E-state index in [0.29, 0.717) is 28.4 Å². The Morgan fingerprint density at radius 1 is 1.00 bits per heavy atom. The normalized spacial score (nSPS) is 27.4. The molecule has 0 amide bonds. The Balaban J connectivity index is 1.07. The maximum atomic E-state index is 14.0. The third-order valence-corrected chi connectivity index (χ3v) is 10.5. The van der Waals surface area contributed by atoms with E-state index in [-0.39, 0.29) is 0 Å². The molecule has 1 N–H and O–H groups in total. The topological polar surface area (TPSA) is 41.6 Å². The molecule has 4 aliphatic rings. The number of aromatic nitrogens is 2. The lowest BCUT2D eigenvalue weighted by molar-refractivity contribution is 0.153. The number of likely N-dealkylation sites (N-methyl/N-ethyl adjacent to an activating group) is 1. The van der Waals surface area contributed by atoms with Gasteiger partial charge in [0.15, 0.2) is 11.6 Å². The highest BCUT2D eigenvalue weighted by Crippen LogP contribution is 2.63. The fourth-order valence-corrected chi connectivity index (χ4v) is 7.95. The molecule has 0 spiro atoms. The zero-order valence-electron chi connectivity index (χ0n) is 24.4. The number of likely N-dealkylation sites (tertiary alicyclic amines) is 1. The summed E-state index contributed by atoms with van der Waals surface area (Å²) in [7, 11) is 2.19. The van der Waals surface area contributed by atoms with Gasteiger partial charge in [-0.3, -0.25) is 4.90 Å². The predicted molar refractivity (Wildman–Crippen MR) is 160 cm³/mol. The zero-order chi connectivity index (χ0) is 28.0. The summed E-state index contributed by atoms with van der Waals surface area (Å²) < 4.78 is 28.0. The van der Waals surface area contributed by atoms with E-state index < -0.39 is 11.6 Å². The monoisotopic (exact) mass is 562 g/mol. The number of halogens is 2. The number of piperazine rings is 1. The van der Waals surface area contributed by atoms with E-state index in [1.54, 1.807) is 0 Å². The second-order valence-electron chi connectivity index (χ2n) is 13.2. The van der Waals surface area contributed by atoms with Crippen LogP contribution in [0, 0.1) is 17.6 Å². The van der Waals surface area contributed by atoms with E-state index in [9.17, 15) is 8.78 Å². The molecule has 4 fully saturated rings. The van der Waals surface area contributed by atoms with Crippen LogP contribution in [0.2, 0.25) is 0 Å². The molecule has 41 heavy (non-hydrogen) atoms. The van der Waals surface area contributed by atoms with Crippen molar-refractivity contribution in [3.8, 4) is 0 Å². The number of aromatic amines is 1. The molecule has 2 aliphatic carbocycles. The molecule has 8 heteroatoms. The maximum Gasteiger partial charge on any atom is 0.204 e. The van der Waals surface area contributed by atoms with Crippen molar-refractivity contribution < 1.29 is 8.78 Å². The smallest absolute Gasteiger partial charge is 0.204 e. The second kappa shape index (κ2) is 11.3. The van der Waals surface area contributed by atoms with Crippen LogP contribution in [0.3, 0.4) is 0 Å². The number of anilines is 1. The summed E-state index contributed by atoms with van der Waals surface area (Å²) in [5.74, 6) is -0.233. The van der Waals surface area contributed by atoms with Gasteiger partial charge in [0.25, 0.3) is 0 Å². The molecule has 0 radical (unpaired) electrons. The highest BCUT2D eigenvalue weighted by Gasteiger charge is 2.58. The van der Waals surface area contributed by atoms with Gasteiger partial charge >= 0.3 is 0 Å². The number of nitrogens with one attached hydrogen (secondary N) is 1. The van der Waals surface area contributed by atoms with Crippen LogP contribution in [0.25, 0.3) is 11.0 Å². The van der Waals surface area contributed by atoms with Crippen LogP contribution < -0.4 is 4.90 Å². The molecule has 7 rings (SSSR count). The molecule has 2 saturated carbocycles. The molecule has 3 aromatic rings. The number of hydrogen-bond donors (Lipinski definition) is 1. The van der Waals surface area contributed by atoms with Gasteiger partial charge in [0, 0.05) is 57.4 Å². The molecule has 0 bridgehead atoms. The Kier molecular flexibility index (Phi) is 7.50. The predicted octanol–water partition coefficient (Wildman–Crippen LogP) is 5.39. The van der Waals surface area contributed by atoms with E-state index in [4.69, 9.17) is 4.98 Å². The van der Waals surface area contributed by atoms with Crippen LogP contribution in [0.1, 0.15) is 56.1 Å². The number of benzene rings is 2. The lowest BCUT2D eigenvalue weighted by Gasteiger charge is -2.38. The first-order valence-electron chi connectivity index (χ1n) is 15.8. The van der Waals surface area contributed by atoms with E-state index in [0.717, 1.165) is 71.0 Å². The summed E-state index contributed by atoms with van der Waals surface area (Å²) in [5.41, 5.74) is 4.37. The van der Waals surface area contributed by atoms with E-state index in [2.05, 4.69) is 55.9 Å². The van der Waals surface area contributed by atoms with Crippen LogP contribution in [0.4, 0.5) is 14.7 Å². The zero-order valence-corrected chi connectivity index (χ0v) is 24.4. The van der Waals surface area contributed by atoms with Gasteiger partial charge in [0.1, 0.15) is 0 Å². The van der Waals surface area contributed by atoms with Crippen LogP contribution in [0.15, 0.2) is 36.4 Å². The van der Waals surface area contributed by atoms with Crippen molar-refractivity contribution in [2.75, 3.05) is 64.3 Å². The number of H-pyrrole nitrogens is 1. The quantitative estimate of drug-likeness (QED) is 0.379. The molecular weight excluding hydrogens is 518 g/mol. The Bertz CT molecular complexity index is 1320. The highest BCUT2D eigenvalue weighted by atomic mass is 19.2. The Morgan fingerprint density at radius 2 is 1.80 bits per heavy atom. The van der Waals surface area contributed by atoms with Crippen molar-refractivity contribution in [2.45, 2.75) is 62.9 Å². The van der Waals surface area contributed by atoms with Crippen molar-refractivity contribution in [3.05, 3.63) is 59.2 Å². The molecule has 2 aliphatic heterocycles. The molecule has 6 nitrogen and oxygen atoms in total. The van der Waals surface area contributed by atoms with Gasteiger partial charge in [0.2, 0.25) is 5.95 Å². The number of imidazole rings is 1. The van der Waals surface area contributed by atoms with Crippen LogP contribution in [0.5, 0.6) is 0 Å². The summed E-state index contributed by atoms with van der Waals surface area (Å²) in [6, 6.07) is 12.3. The summed E-state index contributed by atoms with van der Waals surface area (Å²) in [4.78, 5) is 18.1. The number of rotatable bonds is 9. The minimum absolute atomic E-state index is 0.323. The van der Waals surface area contributed by atoms with Crippen LogP contribution >= 0.6 is 0 Å². The molecule has 3 heterocycles. The minimum atomic E-state index is -0.843. The third kappa shape index (κ3) is 5.63. The average molecular weight is 563 g/mol. The van der Waals surface area contributed by atoms with Gasteiger partial charge in [-0.05, 0) is 94.1 Å². The van der Waals surface area contributed by atoms with Crippen molar-refractivity contribution in [1.29, 1.82) is 0 Å². The third-order valence-electron chi connectivity index (χ3n) is 10.5. The maximum absolute atomic E-state index is 14.0. The van der Waals surface area contributed by atoms with Gasteiger partial charge in [-0.2, -0.15) is 0 Å². The number of fused-ring (bicyclic) bond motifs is 2. The van der Waals surface area contributed by atoms with Crippen molar-refractivity contribution in [2.24, 2.45) is 5.92 Å². The molecular formula is C33H44F2N6. The van der Waals surface area contributed by atoms with E-state index >= 15 is 0 Å². The van der Waals surface area contributed by atoms with E-state index in [1.165, 1.54) is 62.0 Å². The Hall–Kier alpha value is -2.55. The molecule has 2 aromatic carbocycles. The SMILES string of the molecule is CN1CCN(CCCN(c2nc3cc(F)c(F)cc3[nH]2)[C@@H]2CC[C@]3(c4cccc(CN5CCCC5)c4)C[C@@H]3C2)CC1. The minimum Gasteiger partial charge on any atom is -0.339 e. The molecule has 2 saturated heterocycles. The Labute approximate surface area is 242 Å². The summed E-state index contributed by atoms with van der Waals surface area (Å²) in [5, 5.41) is 0. The first-order chi connectivity index (χ1) is 20.0. The second-order valence-corrected chi connectivity index (χ2v) is 13.2. The van der Waals surface area contributed by atoms with Gasteiger partial charge in [0.05, 0.1) is 11.0 Å². The van der Waals surface area contributed by atoms with Gasteiger partial charge in [-0.25, -0.2) is 13.8 Å². The summed E-state index contributed by atoms with van der Waals surface area (Å²) in [6.45, 7) is 9.97. The van der Waals surface area contributed by atoms with Gasteiger partial charge in [-0.15, -0.1) is 0 Å². The first kappa shape index (κ1) is 27.3.